The van der Waals surface area contributed by atoms with Gasteiger partial charge in [0.1, 0.15) is 66.7 Å². The standard InChI is InChI=1S/C62H87N11O36/c1-21(60(106)107)66-55(101)27(46(93)50(97)38(83)18-75)9-34(79)32(13-42(88)89)70-57(103)29(48(95)52(99)40(85)20-77)11-36(81)33(14-43(90)91)71-58(104)28(47(94)51(98)39(84)19-76)10-35(80)31(12-41(86)87)69-56(102)26(45(92)49(96)37(82)17-74)8-25(78)6-7-30(61(108)109)68-54(100)22-2-4-23(5-3-22)64-15-24-16-65-53-44(67-24)59(105)73-62(63)72-53/h2-5,16,21,26-33,37-40,45-52,64,74-77,82-85,92-99H,6-15,17-20H2,1H3,(H,66,101)(H,68,100)(H,69,102)(H,70,103)(H,71,104)(H,86,87)(H,88,89)(H,90,91)(H,106,107)(H,108,109)(H3,63,65,72,73,105)/t21-,26?,27?,28?,29?,30+,31+,32-,33-,37-,38-,39-,40-,45-,46-,47-,48-,49-,50-,51-,52-/m1/s1. The number of carbonyl (C=O) groups is 14. The lowest BCUT2D eigenvalue weighted by Gasteiger charge is -2.32. The predicted molar refractivity (Wildman–Crippen MR) is 355 cm³/mol. The molecular formula is C62H87N11O36. The van der Waals surface area contributed by atoms with Crippen LogP contribution in [0.15, 0.2) is 35.3 Å². The van der Waals surface area contributed by atoms with Crippen molar-refractivity contribution in [2.75, 3.05) is 37.5 Å². The Kier molecular flexibility index (Phi) is 37.3. The van der Waals surface area contributed by atoms with Crippen LogP contribution in [0.4, 0.5) is 11.6 Å². The molecule has 5 amide bonds. The molecule has 109 heavy (non-hydrogen) atoms. The molecule has 2 heterocycles. The van der Waals surface area contributed by atoms with Gasteiger partial charge in [-0.1, -0.05) is 0 Å². The van der Waals surface area contributed by atoms with Crippen molar-refractivity contribution < 1.29 is 174 Å². The van der Waals surface area contributed by atoms with Crippen molar-refractivity contribution in [2.45, 2.75) is 175 Å². The zero-order valence-electron chi connectivity index (χ0n) is 57.3. The van der Waals surface area contributed by atoms with E-state index in [9.17, 15) is 179 Å². The smallest absolute Gasteiger partial charge is 0.326 e. The number of hydrogen-bond acceptors (Lipinski definition) is 36. The Balaban J connectivity index is 2.00. The van der Waals surface area contributed by atoms with Gasteiger partial charge < -0.3 is 145 Å². The van der Waals surface area contributed by atoms with Crippen molar-refractivity contribution >= 4 is 105 Å². The second-order valence-electron chi connectivity index (χ2n) is 25.0. The number of fused-ring (bicyclic) bond motifs is 1. The van der Waals surface area contributed by atoms with Crippen LogP contribution in [-0.4, -0.2) is 340 Å². The highest BCUT2D eigenvalue weighted by molar-refractivity contribution is 6.01. The fourth-order valence-corrected chi connectivity index (χ4v) is 10.5. The third kappa shape index (κ3) is 28.1. The lowest BCUT2D eigenvalue weighted by Crippen LogP contribution is -2.56. The number of nitrogens with one attached hydrogen (secondary N) is 7. The van der Waals surface area contributed by atoms with Gasteiger partial charge >= 0.3 is 29.8 Å². The maximum Gasteiger partial charge on any atom is 0.326 e. The van der Waals surface area contributed by atoms with E-state index in [1.807, 2.05) is 10.6 Å². The summed E-state index contributed by atoms with van der Waals surface area (Å²) in [6.45, 7) is -4.70. The summed E-state index contributed by atoms with van der Waals surface area (Å²) in [7, 11) is 0. The summed E-state index contributed by atoms with van der Waals surface area (Å²) in [6.07, 6.45) is -42.8. The largest absolute Gasteiger partial charge is 0.481 e. The van der Waals surface area contributed by atoms with Crippen LogP contribution in [0.1, 0.15) is 80.8 Å². The molecule has 0 aliphatic rings. The Hall–Kier alpha value is -10.2. The molecule has 606 valence electrons. The number of H-pyrrole nitrogens is 1. The second kappa shape index (κ2) is 43.7. The highest BCUT2D eigenvalue weighted by atomic mass is 16.4. The number of rotatable bonds is 51. The summed E-state index contributed by atoms with van der Waals surface area (Å²) in [4.78, 5) is 213. The number of carboxylic acids is 5. The van der Waals surface area contributed by atoms with E-state index in [-0.39, 0.29) is 34.9 Å². The molecule has 2 aromatic heterocycles. The van der Waals surface area contributed by atoms with Gasteiger partial charge in [-0.3, -0.25) is 72.1 Å². The van der Waals surface area contributed by atoms with Crippen LogP contribution in [0.2, 0.25) is 0 Å². The molecule has 4 unspecified atom stereocenters. The number of nitrogens with two attached hydrogens (primary N) is 1. The topological polar surface area (TPSA) is 834 Å². The molecule has 47 nitrogen and oxygen atoms in total. The average molecular weight is 1560 g/mol. The first-order valence-corrected chi connectivity index (χ1v) is 32.6. The fourth-order valence-electron chi connectivity index (χ4n) is 10.5. The molecule has 3 aromatic rings. The Bertz CT molecular complexity index is 3760. The Morgan fingerprint density at radius 2 is 0.807 bits per heavy atom. The number of Topliss-reactive ketones (excluding diaryl/α,β-unsaturated/α-hetero) is 4. The van der Waals surface area contributed by atoms with Gasteiger partial charge in [0.15, 0.2) is 28.5 Å². The van der Waals surface area contributed by atoms with Gasteiger partial charge in [0, 0.05) is 43.4 Å². The molecule has 0 saturated carbocycles. The average Bonchev–Trinajstić information content (AvgIpc) is 0.813. The number of ketones is 4. The summed E-state index contributed by atoms with van der Waals surface area (Å²) in [6, 6.07) is -6.22. The van der Waals surface area contributed by atoms with Crippen LogP contribution in [0.3, 0.4) is 0 Å². The normalized spacial score (nSPS) is 17.4. The van der Waals surface area contributed by atoms with E-state index in [1.54, 1.807) is 10.6 Å². The summed E-state index contributed by atoms with van der Waals surface area (Å²) >= 11 is 0. The molecule has 0 radical (unpaired) electrons. The van der Waals surface area contributed by atoms with Crippen molar-refractivity contribution in [2.24, 2.45) is 23.7 Å². The molecular weight excluding hydrogens is 1470 g/mol. The highest BCUT2D eigenvalue weighted by Crippen LogP contribution is 2.26. The minimum atomic E-state index is -2.92. The molecule has 0 saturated heterocycles. The van der Waals surface area contributed by atoms with Gasteiger partial charge in [-0.15, -0.1) is 0 Å². The molecule has 0 bridgehead atoms. The number of benzene rings is 1. The van der Waals surface area contributed by atoms with Crippen LogP contribution in [0.25, 0.3) is 11.2 Å². The van der Waals surface area contributed by atoms with Crippen molar-refractivity contribution in [1.29, 1.82) is 0 Å². The quantitative estimate of drug-likeness (QED) is 0.0250. The molecule has 3 rings (SSSR count). The Morgan fingerprint density at radius 1 is 0.450 bits per heavy atom. The zero-order chi connectivity index (χ0) is 82.8. The molecule has 21 atom stereocenters. The number of aliphatic hydroxyl groups excluding tert-OH is 16. The maximum atomic E-state index is 14.4. The number of nitrogens with zero attached hydrogens (tertiary/aromatic N) is 3. The maximum absolute atomic E-state index is 14.4. The Labute approximate surface area is 612 Å². The first kappa shape index (κ1) is 93.0. The summed E-state index contributed by atoms with van der Waals surface area (Å²) in [5.41, 5.74) is 5.26. The van der Waals surface area contributed by atoms with Gasteiger partial charge in [0.25, 0.3) is 11.5 Å². The number of hydrogen-bond donors (Lipinski definition) is 29. The first-order chi connectivity index (χ1) is 50.9. The first-order valence-electron chi connectivity index (χ1n) is 32.6. The number of amides is 5. The number of aromatic amines is 1. The summed E-state index contributed by atoms with van der Waals surface area (Å²) in [5, 5.41) is 228. The van der Waals surface area contributed by atoms with E-state index in [4.69, 9.17) is 5.73 Å². The number of aliphatic hydroxyl groups is 16. The van der Waals surface area contributed by atoms with Crippen molar-refractivity contribution in [1.82, 2.24) is 46.5 Å². The number of nitrogen functional groups attached to an aromatic ring is 1. The van der Waals surface area contributed by atoms with Crippen molar-refractivity contribution in [3.63, 3.8) is 0 Å². The van der Waals surface area contributed by atoms with E-state index >= 15 is 0 Å². The second-order valence-corrected chi connectivity index (χ2v) is 25.0. The van der Waals surface area contributed by atoms with Crippen LogP contribution in [0.5, 0.6) is 0 Å². The van der Waals surface area contributed by atoms with E-state index in [1.165, 1.54) is 30.5 Å². The van der Waals surface area contributed by atoms with Gasteiger partial charge in [-0.2, -0.15) is 4.98 Å². The number of carbonyl (C=O) groups excluding carboxylic acids is 9. The van der Waals surface area contributed by atoms with Crippen LogP contribution in [0, 0.1) is 23.7 Å². The van der Waals surface area contributed by atoms with Crippen molar-refractivity contribution in [3.05, 3.63) is 52.1 Å². The third-order valence-electron chi connectivity index (χ3n) is 16.8. The van der Waals surface area contributed by atoms with E-state index in [2.05, 4.69) is 30.6 Å². The van der Waals surface area contributed by atoms with Gasteiger partial charge in [-0.25, -0.2) is 14.8 Å². The molecule has 0 aliphatic heterocycles. The van der Waals surface area contributed by atoms with E-state index in [0.717, 1.165) is 6.92 Å². The Morgan fingerprint density at radius 3 is 1.15 bits per heavy atom. The number of carboxylic acid groups (broad SMARTS) is 5. The molecule has 47 heteroatoms. The highest BCUT2D eigenvalue weighted by Gasteiger charge is 2.46. The van der Waals surface area contributed by atoms with E-state index < -0.39 is 299 Å². The predicted octanol–water partition coefficient (Wildman–Crippen LogP) is -13.1. The van der Waals surface area contributed by atoms with E-state index in [0.29, 0.717) is 5.69 Å². The summed E-state index contributed by atoms with van der Waals surface area (Å²) in [5.74, 6) is -34.8. The summed E-state index contributed by atoms with van der Waals surface area (Å²) < 4.78 is 0. The lowest BCUT2D eigenvalue weighted by molar-refractivity contribution is -0.150. The number of aliphatic carboxylic acids is 5. The molecule has 0 aliphatic carbocycles. The zero-order valence-corrected chi connectivity index (χ0v) is 57.3. The number of aromatic nitrogens is 4. The van der Waals surface area contributed by atoms with Crippen molar-refractivity contribution in [3.8, 4) is 0 Å². The molecule has 0 fully saturated rings. The minimum absolute atomic E-state index is 0.00634. The molecule has 0 spiro atoms. The van der Waals surface area contributed by atoms with Gasteiger partial charge in [0.05, 0.1) is 130 Å². The van der Waals surface area contributed by atoms with Gasteiger partial charge in [-0.05, 0) is 37.6 Å². The van der Waals surface area contributed by atoms with Crippen LogP contribution >= 0.6 is 0 Å². The SMILES string of the molecule is C[C@@H](NC(=O)C(CC(=O)[C@@H](CC(=O)O)NC(=O)C(CC(=O)[C@@H](CC(=O)O)NC(=O)C(CC(=O)[C@H](CC(=O)O)NC(=O)C(CC(=O)CC[C@H](NC(=O)c1ccc(NCc2cnc3nc(N)[nH]c(=O)c3n2)cc1)C(=O)O)[C@@H](O)[C@H](O)[C@H](O)CO)[C@@H](O)[C@H](O)[C@H](O)CO)[C@@H](O)[C@H](O)[C@H](O)CO)[C@@H](O)[C@H](O)[C@H](O)CO)C(=O)O. The van der Waals surface area contributed by atoms with Crippen LogP contribution < -0.4 is 43.2 Å². The number of anilines is 2. The van der Waals surface area contributed by atoms with Gasteiger partial charge in [0.2, 0.25) is 29.6 Å². The third-order valence-corrected chi connectivity index (χ3v) is 16.8. The fraction of sp³-hybridized carbons (Fsp3) is 0.581. The monoisotopic (exact) mass is 1560 g/mol. The lowest BCUT2D eigenvalue weighted by atomic mass is 9.85. The minimum Gasteiger partial charge on any atom is -0.481 e. The molecule has 1 aromatic carbocycles. The van der Waals surface area contributed by atoms with Crippen LogP contribution in [-0.2, 0) is 68.9 Å². The molecule has 30 N–H and O–H groups in total.